The lowest BCUT2D eigenvalue weighted by Crippen LogP contribution is -2.20. The Morgan fingerprint density at radius 2 is 2.06 bits per heavy atom. The summed E-state index contributed by atoms with van der Waals surface area (Å²) in [5.41, 5.74) is 7.87. The molecule has 0 amide bonds. The number of aryl methyl sites for hydroxylation is 1. The van der Waals surface area contributed by atoms with E-state index >= 15 is 0 Å². The van der Waals surface area contributed by atoms with E-state index in [1.54, 1.807) is 0 Å². The maximum Gasteiger partial charge on any atom is 0.122 e. The van der Waals surface area contributed by atoms with E-state index in [0.29, 0.717) is 25.5 Å². The second-order valence-corrected chi connectivity index (χ2v) is 4.89. The van der Waals surface area contributed by atoms with Gasteiger partial charge in [0.1, 0.15) is 5.75 Å². The van der Waals surface area contributed by atoms with E-state index in [-0.39, 0.29) is 0 Å². The third kappa shape index (κ3) is 4.31. The number of benzene rings is 1. The number of ether oxygens (including phenoxy) is 1. The zero-order valence-corrected chi connectivity index (χ0v) is 11.6. The molecule has 102 valence electrons. The summed E-state index contributed by atoms with van der Waals surface area (Å²) in [6.07, 6.45) is 1.16. The van der Waals surface area contributed by atoms with Crippen molar-refractivity contribution < 1.29 is 9.84 Å². The summed E-state index contributed by atoms with van der Waals surface area (Å²) in [7, 11) is 0. The summed E-state index contributed by atoms with van der Waals surface area (Å²) < 4.78 is 5.63. The highest BCUT2D eigenvalue weighted by Crippen LogP contribution is 2.28. The molecule has 0 radical (unpaired) electrons. The zero-order chi connectivity index (χ0) is 13.5. The third-order valence-electron chi connectivity index (χ3n) is 3.03. The first-order valence-corrected chi connectivity index (χ1v) is 6.72. The fraction of sp³-hybridized carbons (Fsp3) is 0.600. The predicted octanol–water partition coefficient (Wildman–Crippen LogP) is 2.46. The molecule has 3 nitrogen and oxygen atoms in total. The van der Waals surface area contributed by atoms with Crippen molar-refractivity contribution in [1.82, 2.24) is 0 Å². The van der Waals surface area contributed by atoms with Crippen molar-refractivity contribution in [2.45, 2.75) is 45.6 Å². The van der Waals surface area contributed by atoms with Crippen molar-refractivity contribution in [3.05, 3.63) is 29.3 Å². The van der Waals surface area contributed by atoms with E-state index in [4.69, 9.17) is 10.5 Å². The molecule has 1 aromatic carbocycles. The number of hydrogen-bond acceptors (Lipinski definition) is 3. The Hall–Kier alpha value is -1.06. The van der Waals surface area contributed by atoms with Gasteiger partial charge in [0.15, 0.2) is 0 Å². The number of hydrogen-bond donors (Lipinski definition) is 2. The monoisotopic (exact) mass is 251 g/mol. The summed E-state index contributed by atoms with van der Waals surface area (Å²) in [6.45, 7) is 7.33. The Labute approximate surface area is 110 Å². The molecule has 3 heteroatoms. The van der Waals surface area contributed by atoms with Crippen LogP contribution >= 0.6 is 0 Å². The van der Waals surface area contributed by atoms with E-state index in [1.165, 1.54) is 11.1 Å². The van der Waals surface area contributed by atoms with Gasteiger partial charge < -0.3 is 15.6 Å². The van der Waals surface area contributed by atoms with E-state index in [0.717, 1.165) is 12.2 Å². The molecule has 0 fully saturated rings. The van der Waals surface area contributed by atoms with Crippen LogP contribution < -0.4 is 10.5 Å². The molecule has 1 unspecified atom stereocenters. The smallest absolute Gasteiger partial charge is 0.122 e. The number of nitrogens with two attached hydrogens (primary N) is 1. The van der Waals surface area contributed by atoms with Crippen molar-refractivity contribution >= 4 is 0 Å². The van der Waals surface area contributed by atoms with E-state index < -0.39 is 6.10 Å². The summed E-state index contributed by atoms with van der Waals surface area (Å²) in [6, 6.07) is 6.28. The largest absolute Gasteiger partial charge is 0.494 e. The molecule has 18 heavy (non-hydrogen) atoms. The fourth-order valence-corrected chi connectivity index (χ4v) is 1.94. The van der Waals surface area contributed by atoms with Crippen LogP contribution in [-0.2, 0) is 6.42 Å². The van der Waals surface area contributed by atoms with Gasteiger partial charge in [0.05, 0.1) is 12.7 Å². The average Bonchev–Trinajstić information content (AvgIpc) is 2.37. The van der Waals surface area contributed by atoms with Gasteiger partial charge >= 0.3 is 0 Å². The van der Waals surface area contributed by atoms with Crippen LogP contribution in [0.25, 0.3) is 0 Å². The van der Waals surface area contributed by atoms with Crippen LogP contribution in [-0.4, -0.2) is 24.4 Å². The lowest BCUT2D eigenvalue weighted by atomic mass is 9.97. The molecule has 0 aliphatic heterocycles. The molecule has 0 aliphatic rings. The molecule has 1 aromatic rings. The van der Waals surface area contributed by atoms with Crippen LogP contribution in [0.1, 0.15) is 44.2 Å². The molecule has 0 saturated carbocycles. The van der Waals surface area contributed by atoms with Crippen molar-refractivity contribution in [2.24, 2.45) is 5.73 Å². The average molecular weight is 251 g/mol. The standard InChI is InChI=1S/C15H25NO2/c1-4-18-15-8-6-12(5-7-13(17)10-16)9-14(15)11(2)3/h6,8-9,11,13,17H,4-5,7,10,16H2,1-3H3. The van der Waals surface area contributed by atoms with Gasteiger partial charge in [-0.25, -0.2) is 0 Å². The Morgan fingerprint density at radius 3 is 2.61 bits per heavy atom. The number of aliphatic hydroxyl groups is 1. The first kappa shape index (κ1) is 15.0. The van der Waals surface area contributed by atoms with Crippen molar-refractivity contribution in [1.29, 1.82) is 0 Å². The van der Waals surface area contributed by atoms with Gasteiger partial charge in [-0.15, -0.1) is 0 Å². The quantitative estimate of drug-likeness (QED) is 0.782. The molecule has 0 aromatic heterocycles. The number of rotatable bonds is 7. The minimum absolute atomic E-state index is 0.327. The summed E-state index contributed by atoms with van der Waals surface area (Å²) >= 11 is 0. The van der Waals surface area contributed by atoms with Gasteiger partial charge in [0.2, 0.25) is 0 Å². The normalized spacial score (nSPS) is 12.8. The highest BCUT2D eigenvalue weighted by Gasteiger charge is 2.09. The molecular weight excluding hydrogens is 226 g/mol. The molecule has 0 aliphatic carbocycles. The van der Waals surface area contributed by atoms with Gasteiger partial charge in [0.25, 0.3) is 0 Å². The van der Waals surface area contributed by atoms with Crippen LogP contribution in [0.3, 0.4) is 0 Å². The van der Waals surface area contributed by atoms with Crippen LogP contribution in [0, 0.1) is 0 Å². The number of aliphatic hydroxyl groups excluding tert-OH is 1. The second-order valence-electron chi connectivity index (χ2n) is 4.89. The molecule has 0 heterocycles. The Kier molecular flexibility index (Phi) is 6.16. The van der Waals surface area contributed by atoms with E-state index in [2.05, 4.69) is 26.0 Å². The van der Waals surface area contributed by atoms with Crippen LogP contribution in [0.2, 0.25) is 0 Å². The highest BCUT2D eigenvalue weighted by molar-refractivity contribution is 5.39. The van der Waals surface area contributed by atoms with Crippen LogP contribution in [0.4, 0.5) is 0 Å². The summed E-state index contributed by atoms with van der Waals surface area (Å²) in [4.78, 5) is 0. The molecule has 3 N–H and O–H groups in total. The minimum Gasteiger partial charge on any atom is -0.494 e. The third-order valence-corrected chi connectivity index (χ3v) is 3.03. The Morgan fingerprint density at radius 1 is 1.33 bits per heavy atom. The fourth-order valence-electron chi connectivity index (χ4n) is 1.94. The van der Waals surface area contributed by atoms with Crippen LogP contribution in [0.5, 0.6) is 5.75 Å². The first-order valence-electron chi connectivity index (χ1n) is 6.72. The maximum absolute atomic E-state index is 9.49. The predicted molar refractivity (Wildman–Crippen MR) is 75.1 cm³/mol. The van der Waals surface area contributed by atoms with Crippen LogP contribution in [0.15, 0.2) is 18.2 Å². The van der Waals surface area contributed by atoms with Gasteiger partial charge in [-0.05, 0) is 42.9 Å². The maximum atomic E-state index is 9.49. The highest BCUT2D eigenvalue weighted by atomic mass is 16.5. The first-order chi connectivity index (χ1) is 8.58. The van der Waals surface area contributed by atoms with Gasteiger partial charge in [-0.2, -0.15) is 0 Å². The lowest BCUT2D eigenvalue weighted by molar-refractivity contribution is 0.173. The van der Waals surface area contributed by atoms with Crippen molar-refractivity contribution in [2.75, 3.05) is 13.2 Å². The minimum atomic E-state index is -0.404. The van der Waals surface area contributed by atoms with Gasteiger partial charge in [-0.3, -0.25) is 0 Å². The SMILES string of the molecule is CCOc1ccc(CCC(O)CN)cc1C(C)C. The van der Waals surface area contributed by atoms with E-state index in [1.807, 2.05) is 13.0 Å². The zero-order valence-electron chi connectivity index (χ0n) is 11.6. The Balaban J connectivity index is 2.79. The molecular formula is C15H25NO2. The van der Waals surface area contributed by atoms with Crippen molar-refractivity contribution in [3.63, 3.8) is 0 Å². The molecule has 1 rings (SSSR count). The lowest BCUT2D eigenvalue weighted by Gasteiger charge is -2.15. The molecule has 0 spiro atoms. The van der Waals surface area contributed by atoms with Gasteiger partial charge in [-0.1, -0.05) is 26.0 Å². The molecule has 0 saturated heterocycles. The summed E-state index contributed by atoms with van der Waals surface area (Å²) in [5.74, 6) is 1.40. The molecule has 0 bridgehead atoms. The Bertz CT molecular complexity index is 364. The van der Waals surface area contributed by atoms with Crippen molar-refractivity contribution in [3.8, 4) is 5.75 Å². The van der Waals surface area contributed by atoms with Gasteiger partial charge in [0, 0.05) is 6.54 Å². The molecule has 1 atom stereocenters. The second kappa shape index (κ2) is 7.39. The summed E-state index contributed by atoms with van der Waals surface area (Å²) in [5, 5.41) is 9.49. The van der Waals surface area contributed by atoms with E-state index in [9.17, 15) is 5.11 Å². The topological polar surface area (TPSA) is 55.5 Å².